The molecule has 0 radical (unpaired) electrons. The highest BCUT2D eigenvalue weighted by molar-refractivity contribution is 4.81. The van der Waals surface area contributed by atoms with Crippen LogP contribution in [-0.4, -0.2) is 37.1 Å². The Morgan fingerprint density at radius 1 is 0.722 bits per heavy atom. The van der Waals surface area contributed by atoms with Gasteiger partial charge in [0, 0.05) is 6.04 Å². The van der Waals surface area contributed by atoms with Crippen LogP contribution in [-0.2, 0) is 0 Å². The van der Waals surface area contributed by atoms with E-state index in [0.29, 0.717) is 12.1 Å². The molecule has 0 aromatic rings. The third-order valence-corrected chi connectivity index (χ3v) is 4.78. The van der Waals surface area contributed by atoms with Crippen LogP contribution >= 0.6 is 0 Å². The maximum Gasteiger partial charge on any atom is 0.0709 e. The lowest BCUT2D eigenvalue weighted by atomic mass is 9.88. The zero-order valence-corrected chi connectivity index (χ0v) is 12.3. The number of nitrogens with zero attached hydrogens (tertiary/aromatic N) is 3. The molecule has 3 heteroatoms. The molecule has 0 unspecified atom stereocenters. The van der Waals surface area contributed by atoms with Crippen LogP contribution in [0.3, 0.4) is 0 Å². The van der Waals surface area contributed by atoms with Gasteiger partial charge in [0.15, 0.2) is 0 Å². The van der Waals surface area contributed by atoms with E-state index in [2.05, 4.69) is 36.1 Å². The van der Waals surface area contributed by atoms with Crippen molar-refractivity contribution in [1.82, 2.24) is 4.90 Å². The summed E-state index contributed by atoms with van der Waals surface area (Å²) in [6, 6.07) is 1.82. The summed E-state index contributed by atoms with van der Waals surface area (Å²) < 4.78 is 0. The maximum atomic E-state index is 4.63. The summed E-state index contributed by atoms with van der Waals surface area (Å²) in [5.74, 6) is 0.909. The first kappa shape index (κ1) is 14.0. The van der Waals surface area contributed by atoms with Crippen molar-refractivity contribution in [1.29, 1.82) is 0 Å². The molecule has 0 aliphatic heterocycles. The molecule has 0 aromatic heterocycles. The van der Waals surface area contributed by atoms with Crippen LogP contribution in [0.25, 0.3) is 0 Å². The van der Waals surface area contributed by atoms with Crippen LogP contribution in [0.5, 0.6) is 0 Å². The van der Waals surface area contributed by atoms with Gasteiger partial charge in [-0.3, -0.25) is 0 Å². The second-order valence-electron chi connectivity index (χ2n) is 6.57. The van der Waals surface area contributed by atoms with Crippen LogP contribution in [0.2, 0.25) is 0 Å². The van der Waals surface area contributed by atoms with Gasteiger partial charge < -0.3 is 4.90 Å². The van der Waals surface area contributed by atoms with Gasteiger partial charge in [0.25, 0.3) is 0 Å². The lowest BCUT2D eigenvalue weighted by molar-refractivity contribution is 0.214. The van der Waals surface area contributed by atoms with Gasteiger partial charge >= 0.3 is 0 Å². The molecule has 0 heterocycles. The van der Waals surface area contributed by atoms with Crippen molar-refractivity contribution in [2.24, 2.45) is 16.1 Å². The fourth-order valence-electron chi connectivity index (χ4n) is 3.24. The summed E-state index contributed by atoms with van der Waals surface area (Å²) in [5, 5.41) is 9.25. The van der Waals surface area contributed by atoms with E-state index >= 15 is 0 Å². The van der Waals surface area contributed by atoms with Crippen molar-refractivity contribution in [3.8, 4) is 0 Å². The standard InChI is InChI=1S/C15H29N3/c1-12-4-6-13(7-5-12)16-17-14-8-10-15(11-9-14)18(2)3/h12-15H,4-11H2,1-3H3. The second kappa shape index (κ2) is 6.65. The van der Waals surface area contributed by atoms with Crippen LogP contribution in [0.1, 0.15) is 58.3 Å². The SMILES string of the molecule is CC1CCC(N=NC2CCC(N(C)C)CC2)CC1. The molecular weight excluding hydrogens is 222 g/mol. The van der Waals surface area contributed by atoms with E-state index in [4.69, 9.17) is 0 Å². The van der Waals surface area contributed by atoms with Crippen LogP contribution in [0, 0.1) is 5.92 Å². The van der Waals surface area contributed by atoms with Crippen LogP contribution in [0.15, 0.2) is 10.2 Å². The van der Waals surface area contributed by atoms with Gasteiger partial charge in [0.2, 0.25) is 0 Å². The molecule has 2 aliphatic carbocycles. The number of hydrogen-bond donors (Lipinski definition) is 0. The minimum absolute atomic E-state index is 0.514. The first-order chi connectivity index (χ1) is 8.65. The quantitative estimate of drug-likeness (QED) is 0.699. The van der Waals surface area contributed by atoms with E-state index in [9.17, 15) is 0 Å². The van der Waals surface area contributed by atoms with E-state index < -0.39 is 0 Å². The average molecular weight is 251 g/mol. The highest BCUT2D eigenvalue weighted by Gasteiger charge is 2.23. The Morgan fingerprint density at radius 3 is 1.61 bits per heavy atom. The van der Waals surface area contributed by atoms with E-state index in [-0.39, 0.29) is 0 Å². The van der Waals surface area contributed by atoms with Gasteiger partial charge in [0.05, 0.1) is 12.1 Å². The third kappa shape index (κ3) is 4.04. The van der Waals surface area contributed by atoms with Crippen molar-refractivity contribution in [3.63, 3.8) is 0 Å². The minimum Gasteiger partial charge on any atom is -0.306 e. The summed E-state index contributed by atoms with van der Waals surface area (Å²) in [6.07, 6.45) is 10.3. The molecule has 0 bridgehead atoms. The molecule has 0 atom stereocenters. The van der Waals surface area contributed by atoms with Gasteiger partial charge in [-0.25, -0.2) is 0 Å². The van der Waals surface area contributed by atoms with Crippen molar-refractivity contribution in [3.05, 3.63) is 0 Å². The van der Waals surface area contributed by atoms with Gasteiger partial charge in [0.1, 0.15) is 0 Å². The maximum absolute atomic E-state index is 4.63. The Labute approximate surface area is 112 Å². The van der Waals surface area contributed by atoms with Crippen molar-refractivity contribution in [2.75, 3.05) is 14.1 Å². The summed E-state index contributed by atoms with van der Waals surface area (Å²) in [6.45, 7) is 2.36. The van der Waals surface area contributed by atoms with Crippen LogP contribution < -0.4 is 0 Å². The van der Waals surface area contributed by atoms with Crippen molar-refractivity contribution >= 4 is 0 Å². The van der Waals surface area contributed by atoms with E-state index in [1.807, 2.05) is 0 Å². The fourth-order valence-corrected chi connectivity index (χ4v) is 3.24. The minimum atomic E-state index is 0.514. The first-order valence-electron chi connectivity index (χ1n) is 7.71. The summed E-state index contributed by atoms with van der Waals surface area (Å²) >= 11 is 0. The van der Waals surface area contributed by atoms with Gasteiger partial charge in [-0.15, -0.1) is 0 Å². The number of rotatable bonds is 3. The van der Waals surface area contributed by atoms with Crippen LogP contribution in [0.4, 0.5) is 0 Å². The molecule has 2 fully saturated rings. The molecule has 3 nitrogen and oxygen atoms in total. The van der Waals surface area contributed by atoms with Gasteiger partial charge in [-0.05, 0) is 71.4 Å². The zero-order valence-electron chi connectivity index (χ0n) is 12.3. The predicted molar refractivity (Wildman–Crippen MR) is 76.0 cm³/mol. The first-order valence-corrected chi connectivity index (χ1v) is 7.71. The number of azo groups is 1. The summed E-state index contributed by atoms with van der Waals surface area (Å²) in [4.78, 5) is 2.36. The molecule has 0 N–H and O–H groups in total. The second-order valence-corrected chi connectivity index (χ2v) is 6.57. The third-order valence-electron chi connectivity index (χ3n) is 4.78. The molecule has 2 rings (SSSR count). The van der Waals surface area contributed by atoms with Crippen molar-refractivity contribution in [2.45, 2.75) is 76.4 Å². The Morgan fingerprint density at radius 2 is 1.17 bits per heavy atom. The lowest BCUT2D eigenvalue weighted by Gasteiger charge is -2.30. The predicted octanol–water partition coefficient (Wildman–Crippen LogP) is 3.89. The largest absolute Gasteiger partial charge is 0.306 e. The Balaban J connectivity index is 1.71. The Hall–Kier alpha value is -0.440. The average Bonchev–Trinajstić information content (AvgIpc) is 2.38. The molecule has 0 spiro atoms. The van der Waals surface area contributed by atoms with E-state index in [1.165, 1.54) is 51.4 Å². The normalized spacial score (nSPS) is 38.4. The highest BCUT2D eigenvalue weighted by Crippen LogP contribution is 2.28. The van der Waals surface area contributed by atoms with Gasteiger partial charge in [-0.1, -0.05) is 6.92 Å². The van der Waals surface area contributed by atoms with Gasteiger partial charge in [-0.2, -0.15) is 10.2 Å². The molecule has 0 saturated heterocycles. The Kier molecular flexibility index (Phi) is 5.16. The molecule has 0 aromatic carbocycles. The van der Waals surface area contributed by atoms with E-state index in [1.54, 1.807) is 0 Å². The van der Waals surface area contributed by atoms with Crippen molar-refractivity contribution < 1.29 is 0 Å². The lowest BCUT2D eigenvalue weighted by Crippen LogP contribution is -2.33. The monoisotopic (exact) mass is 251 g/mol. The molecular formula is C15H29N3. The Bertz CT molecular complexity index is 259. The van der Waals surface area contributed by atoms with E-state index in [0.717, 1.165) is 12.0 Å². The molecule has 18 heavy (non-hydrogen) atoms. The highest BCUT2D eigenvalue weighted by atomic mass is 15.1. The fraction of sp³-hybridized carbons (Fsp3) is 1.00. The molecule has 0 amide bonds. The number of hydrogen-bond acceptors (Lipinski definition) is 3. The molecule has 104 valence electrons. The topological polar surface area (TPSA) is 28.0 Å². The summed E-state index contributed by atoms with van der Waals surface area (Å²) in [5.41, 5.74) is 0. The smallest absolute Gasteiger partial charge is 0.0709 e. The molecule has 2 saturated carbocycles. The zero-order chi connectivity index (χ0) is 13.0. The summed E-state index contributed by atoms with van der Waals surface area (Å²) in [7, 11) is 4.38. The molecule has 2 aliphatic rings.